The zero-order valence-corrected chi connectivity index (χ0v) is 21.6. The van der Waals surface area contributed by atoms with Crippen molar-refractivity contribution in [3.8, 4) is 33.8 Å². The van der Waals surface area contributed by atoms with E-state index in [4.69, 9.17) is 9.47 Å². The highest BCUT2D eigenvalue weighted by Crippen LogP contribution is 2.41. The highest BCUT2D eigenvalue weighted by atomic mass is 16.5. The second-order valence-corrected chi connectivity index (χ2v) is 9.18. The van der Waals surface area contributed by atoms with Gasteiger partial charge in [-0.3, -0.25) is 0 Å². The molecule has 0 aliphatic carbocycles. The molecule has 0 amide bonds. The van der Waals surface area contributed by atoms with Crippen LogP contribution < -0.4 is 14.4 Å². The standard InChI is InChI=1S/C34H31NO2/c1-5-35-31-23-30(28-14-10-7-11-15-28)17-19-33(31)37-34(35)21-24(2)20-26(4)36-32-18-16-29(22-25(32)3)27-12-8-6-9-13-27/h6-23H,4-5H2,1-3H3/b24-20+,34-21-. The molecule has 0 spiro atoms. The molecule has 4 aromatic rings. The molecule has 37 heavy (non-hydrogen) atoms. The summed E-state index contributed by atoms with van der Waals surface area (Å²) >= 11 is 0. The molecule has 4 aromatic carbocycles. The van der Waals surface area contributed by atoms with Crippen LogP contribution in [-0.4, -0.2) is 6.54 Å². The summed E-state index contributed by atoms with van der Waals surface area (Å²) in [6, 6.07) is 33.3. The Morgan fingerprint density at radius 1 is 0.838 bits per heavy atom. The predicted octanol–water partition coefficient (Wildman–Crippen LogP) is 8.93. The fourth-order valence-electron chi connectivity index (χ4n) is 4.58. The van der Waals surface area contributed by atoms with Crippen LogP contribution in [0.15, 0.2) is 133 Å². The van der Waals surface area contributed by atoms with Crippen molar-refractivity contribution < 1.29 is 9.47 Å². The number of aryl methyl sites for hydroxylation is 1. The second-order valence-electron chi connectivity index (χ2n) is 9.18. The van der Waals surface area contributed by atoms with Crippen molar-refractivity contribution in [2.75, 3.05) is 11.4 Å². The Morgan fingerprint density at radius 2 is 1.46 bits per heavy atom. The number of hydrogen-bond donors (Lipinski definition) is 0. The van der Waals surface area contributed by atoms with Crippen LogP contribution >= 0.6 is 0 Å². The molecule has 3 nitrogen and oxygen atoms in total. The Morgan fingerprint density at radius 3 is 2.08 bits per heavy atom. The van der Waals surface area contributed by atoms with Crippen LogP contribution in [0.4, 0.5) is 5.69 Å². The minimum atomic E-state index is 0.579. The van der Waals surface area contributed by atoms with Gasteiger partial charge in [0.05, 0.1) is 5.69 Å². The van der Waals surface area contributed by atoms with Gasteiger partial charge >= 0.3 is 0 Å². The number of nitrogens with zero attached hydrogens (tertiary/aromatic N) is 1. The number of hydrogen-bond acceptors (Lipinski definition) is 3. The molecule has 0 fully saturated rings. The minimum Gasteiger partial charge on any atom is -0.458 e. The molecule has 0 N–H and O–H groups in total. The van der Waals surface area contributed by atoms with E-state index in [-0.39, 0.29) is 0 Å². The van der Waals surface area contributed by atoms with Crippen LogP contribution in [0.2, 0.25) is 0 Å². The van der Waals surface area contributed by atoms with Crippen LogP contribution in [0.1, 0.15) is 19.4 Å². The quantitative estimate of drug-likeness (QED) is 0.193. The summed E-state index contributed by atoms with van der Waals surface area (Å²) in [7, 11) is 0. The molecule has 1 aliphatic rings. The zero-order chi connectivity index (χ0) is 25.8. The Labute approximate surface area is 219 Å². The Hall–Kier alpha value is -4.50. The van der Waals surface area contributed by atoms with Gasteiger partial charge in [0.2, 0.25) is 5.88 Å². The van der Waals surface area contributed by atoms with Crippen molar-refractivity contribution >= 4 is 5.69 Å². The number of benzene rings is 4. The van der Waals surface area contributed by atoms with Crippen molar-refractivity contribution in [3.63, 3.8) is 0 Å². The normalized spacial score (nSPS) is 13.9. The molecule has 1 aliphatic heterocycles. The molecule has 0 unspecified atom stereocenters. The van der Waals surface area contributed by atoms with Gasteiger partial charge in [-0.15, -0.1) is 0 Å². The molecule has 0 saturated heterocycles. The number of allylic oxidation sites excluding steroid dienone is 3. The van der Waals surface area contributed by atoms with Gasteiger partial charge in [-0.1, -0.05) is 79.4 Å². The Bertz CT molecular complexity index is 1480. The minimum absolute atomic E-state index is 0.579. The van der Waals surface area contributed by atoms with Crippen LogP contribution in [-0.2, 0) is 0 Å². The van der Waals surface area contributed by atoms with Crippen molar-refractivity contribution in [3.05, 3.63) is 139 Å². The second kappa shape index (κ2) is 10.6. The number of rotatable bonds is 7. The van der Waals surface area contributed by atoms with Gasteiger partial charge in [0.1, 0.15) is 11.5 Å². The van der Waals surface area contributed by atoms with Gasteiger partial charge in [0.15, 0.2) is 5.75 Å². The molecule has 1 heterocycles. The summed E-state index contributed by atoms with van der Waals surface area (Å²) < 4.78 is 12.3. The number of anilines is 1. The van der Waals surface area contributed by atoms with Gasteiger partial charge in [-0.05, 0) is 84.5 Å². The Kier molecular flexibility index (Phi) is 6.96. The van der Waals surface area contributed by atoms with Gasteiger partial charge in [-0.2, -0.15) is 0 Å². The number of fused-ring (bicyclic) bond motifs is 1. The molecular weight excluding hydrogens is 454 g/mol. The van der Waals surface area contributed by atoms with E-state index in [9.17, 15) is 0 Å². The van der Waals surface area contributed by atoms with E-state index < -0.39 is 0 Å². The molecule has 0 aromatic heterocycles. The topological polar surface area (TPSA) is 21.7 Å². The van der Waals surface area contributed by atoms with Gasteiger partial charge in [0, 0.05) is 12.6 Å². The predicted molar refractivity (Wildman–Crippen MR) is 154 cm³/mol. The lowest BCUT2D eigenvalue weighted by molar-refractivity contribution is 0.438. The molecule has 184 valence electrons. The summed E-state index contributed by atoms with van der Waals surface area (Å²) in [5.74, 6) is 3.04. The van der Waals surface area contributed by atoms with Gasteiger partial charge in [0.25, 0.3) is 0 Å². The highest BCUT2D eigenvalue weighted by molar-refractivity contribution is 5.76. The lowest BCUT2D eigenvalue weighted by Crippen LogP contribution is -2.19. The van der Waals surface area contributed by atoms with Gasteiger partial charge < -0.3 is 14.4 Å². The van der Waals surface area contributed by atoms with Crippen molar-refractivity contribution in [2.24, 2.45) is 0 Å². The van der Waals surface area contributed by atoms with Crippen molar-refractivity contribution in [2.45, 2.75) is 20.8 Å². The molecule has 0 saturated carbocycles. The summed E-state index contributed by atoms with van der Waals surface area (Å²) in [5, 5.41) is 0. The van der Waals surface area contributed by atoms with E-state index in [1.54, 1.807) is 0 Å². The lowest BCUT2D eigenvalue weighted by Gasteiger charge is -2.16. The Balaban J connectivity index is 1.31. The fourth-order valence-corrected chi connectivity index (χ4v) is 4.58. The largest absolute Gasteiger partial charge is 0.458 e. The molecule has 0 radical (unpaired) electrons. The fraction of sp³-hybridized carbons (Fsp3) is 0.118. The third-order valence-corrected chi connectivity index (χ3v) is 6.42. The average Bonchev–Trinajstić information content (AvgIpc) is 3.26. The molecule has 0 atom stereocenters. The maximum absolute atomic E-state index is 6.22. The zero-order valence-electron chi connectivity index (χ0n) is 21.6. The van der Waals surface area contributed by atoms with Crippen LogP contribution in [0.25, 0.3) is 22.3 Å². The summed E-state index contributed by atoms with van der Waals surface area (Å²) in [6.07, 6.45) is 3.97. The maximum Gasteiger partial charge on any atom is 0.200 e. The van der Waals surface area contributed by atoms with E-state index in [2.05, 4.69) is 86.0 Å². The van der Waals surface area contributed by atoms with Crippen LogP contribution in [0.5, 0.6) is 11.5 Å². The van der Waals surface area contributed by atoms with Crippen LogP contribution in [0.3, 0.4) is 0 Å². The molecule has 3 heteroatoms. The first-order chi connectivity index (χ1) is 18.0. The van der Waals surface area contributed by atoms with Crippen molar-refractivity contribution in [1.29, 1.82) is 0 Å². The van der Waals surface area contributed by atoms with E-state index in [1.807, 2.05) is 55.5 Å². The smallest absolute Gasteiger partial charge is 0.200 e. The monoisotopic (exact) mass is 485 g/mol. The summed E-state index contributed by atoms with van der Waals surface area (Å²) in [6.45, 7) is 11.1. The highest BCUT2D eigenvalue weighted by Gasteiger charge is 2.25. The van der Waals surface area contributed by atoms with Gasteiger partial charge in [-0.25, -0.2) is 0 Å². The van der Waals surface area contributed by atoms with E-state index >= 15 is 0 Å². The van der Waals surface area contributed by atoms with E-state index in [0.717, 1.165) is 40.8 Å². The SMILES string of the molecule is C=C(/C=C(C)/C=C1\Oc2ccc(-c3ccccc3)cc2N1CC)Oc1ccc(-c2ccccc2)cc1C. The first kappa shape index (κ1) is 24.2. The number of ether oxygens (including phenoxy) is 2. The average molecular weight is 486 g/mol. The van der Waals surface area contributed by atoms with E-state index in [0.29, 0.717) is 5.76 Å². The summed E-state index contributed by atoms with van der Waals surface area (Å²) in [5.41, 5.74) is 7.85. The van der Waals surface area contributed by atoms with E-state index in [1.165, 1.54) is 22.3 Å². The molecule has 0 bridgehead atoms. The third kappa shape index (κ3) is 5.36. The summed E-state index contributed by atoms with van der Waals surface area (Å²) in [4.78, 5) is 2.19. The van der Waals surface area contributed by atoms with Crippen LogP contribution in [0, 0.1) is 6.92 Å². The molecule has 5 rings (SSSR count). The maximum atomic E-state index is 6.22. The molecular formula is C34H31NO2. The first-order valence-corrected chi connectivity index (χ1v) is 12.6. The first-order valence-electron chi connectivity index (χ1n) is 12.6. The third-order valence-electron chi connectivity index (χ3n) is 6.42. The lowest BCUT2D eigenvalue weighted by atomic mass is 10.0. The van der Waals surface area contributed by atoms with Crippen molar-refractivity contribution in [1.82, 2.24) is 0 Å².